The molecule has 6 nitrogen and oxygen atoms in total. The lowest BCUT2D eigenvalue weighted by Crippen LogP contribution is -2.36. The highest BCUT2D eigenvalue weighted by Crippen LogP contribution is 2.15. The zero-order valence-electron chi connectivity index (χ0n) is 14.4. The number of rotatable bonds is 7. The van der Waals surface area contributed by atoms with Gasteiger partial charge >= 0.3 is 0 Å². The maximum absolute atomic E-state index is 12.3. The quantitative estimate of drug-likeness (QED) is 0.673. The minimum Gasteiger partial charge on any atom is -0.325 e. The minimum atomic E-state index is -3.58. The summed E-state index contributed by atoms with van der Waals surface area (Å²) in [5.74, 6) is -0.595. The number of hydrogen-bond acceptors (Lipinski definition) is 4. The molecule has 138 valence electrons. The zero-order valence-corrected chi connectivity index (χ0v) is 16.8. The molecule has 0 bridgehead atoms. The number of nitrogens with one attached hydrogen (secondary N) is 1. The number of benzene rings is 2. The van der Waals surface area contributed by atoms with E-state index in [1.807, 2.05) is 12.1 Å². The Morgan fingerprint density at radius 2 is 1.77 bits per heavy atom. The molecule has 8 heteroatoms. The molecule has 0 radical (unpaired) electrons. The van der Waals surface area contributed by atoms with E-state index in [0.29, 0.717) is 11.3 Å². The molecule has 0 aliphatic rings. The van der Waals surface area contributed by atoms with Crippen LogP contribution in [0.5, 0.6) is 0 Å². The number of anilines is 1. The monoisotopic (exact) mass is 438 g/mol. The van der Waals surface area contributed by atoms with Gasteiger partial charge in [-0.25, -0.2) is 8.42 Å². The highest BCUT2D eigenvalue weighted by molar-refractivity contribution is 9.10. The predicted octanol–water partition coefficient (Wildman–Crippen LogP) is 3.05. The van der Waals surface area contributed by atoms with Crippen LogP contribution in [0.3, 0.4) is 0 Å². The maximum Gasteiger partial charge on any atom is 0.239 e. The number of carbonyl (C=O) groups excluding carboxylic acids is 2. The van der Waals surface area contributed by atoms with Gasteiger partial charge in [-0.05, 0) is 36.8 Å². The van der Waals surface area contributed by atoms with Crippen LogP contribution in [-0.4, -0.2) is 37.2 Å². The number of carbonyl (C=O) groups is 2. The molecule has 0 aromatic heterocycles. The summed E-state index contributed by atoms with van der Waals surface area (Å²) in [5.41, 5.74) is 1.68. The number of hydrogen-bond donors (Lipinski definition) is 1. The predicted molar refractivity (Wildman–Crippen MR) is 104 cm³/mol. The standard InChI is InChI=1S/C18H19BrN2O4S/c1-13(22)15-4-3-5-17(10-15)20-18(23)12-21(26(2,24)25)11-14-6-8-16(19)9-7-14/h3-10H,11-12H2,1-2H3,(H,20,23). The Bertz CT molecular complexity index is 911. The summed E-state index contributed by atoms with van der Waals surface area (Å²) in [6.45, 7) is 1.21. The smallest absolute Gasteiger partial charge is 0.239 e. The van der Waals surface area contributed by atoms with Crippen LogP contribution in [-0.2, 0) is 21.4 Å². The Morgan fingerprint density at radius 3 is 2.35 bits per heavy atom. The highest BCUT2D eigenvalue weighted by Gasteiger charge is 2.20. The van der Waals surface area contributed by atoms with Crippen molar-refractivity contribution in [3.63, 3.8) is 0 Å². The number of nitrogens with zero attached hydrogens (tertiary/aromatic N) is 1. The fraction of sp³-hybridized carbons (Fsp3) is 0.222. The molecular weight excluding hydrogens is 420 g/mol. The third kappa shape index (κ3) is 6.05. The molecule has 0 aliphatic carbocycles. The van der Waals surface area contributed by atoms with Crippen molar-refractivity contribution in [1.29, 1.82) is 0 Å². The zero-order chi connectivity index (χ0) is 19.3. The first kappa shape index (κ1) is 20.3. The van der Waals surface area contributed by atoms with Gasteiger partial charge in [0.1, 0.15) is 0 Å². The van der Waals surface area contributed by atoms with Gasteiger partial charge in [0.25, 0.3) is 0 Å². The summed E-state index contributed by atoms with van der Waals surface area (Å²) in [6, 6.07) is 13.7. The number of ketones is 1. The van der Waals surface area contributed by atoms with Crippen molar-refractivity contribution in [2.75, 3.05) is 18.1 Å². The first-order valence-electron chi connectivity index (χ1n) is 7.75. The molecule has 0 unspecified atom stereocenters. The van der Waals surface area contributed by atoms with Crippen molar-refractivity contribution < 1.29 is 18.0 Å². The van der Waals surface area contributed by atoms with Gasteiger partial charge in [0.15, 0.2) is 5.78 Å². The molecule has 0 spiro atoms. The highest BCUT2D eigenvalue weighted by atomic mass is 79.9. The normalized spacial score (nSPS) is 11.4. The van der Waals surface area contributed by atoms with E-state index >= 15 is 0 Å². The van der Waals surface area contributed by atoms with E-state index in [1.165, 1.54) is 6.92 Å². The van der Waals surface area contributed by atoms with Crippen LogP contribution >= 0.6 is 15.9 Å². The van der Waals surface area contributed by atoms with Gasteiger partial charge in [-0.1, -0.05) is 40.2 Å². The van der Waals surface area contributed by atoms with Crippen molar-refractivity contribution in [3.8, 4) is 0 Å². The van der Waals surface area contributed by atoms with Crippen LogP contribution < -0.4 is 5.32 Å². The summed E-state index contributed by atoms with van der Waals surface area (Å²) in [7, 11) is -3.58. The van der Waals surface area contributed by atoms with E-state index in [-0.39, 0.29) is 18.9 Å². The van der Waals surface area contributed by atoms with Crippen LogP contribution in [0.25, 0.3) is 0 Å². The summed E-state index contributed by atoms with van der Waals surface area (Å²) < 4.78 is 26.0. The molecule has 1 amide bonds. The molecule has 0 saturated heterocycles. The Hall–Kier alpha value is -2.03. The third-order valence-electron chi connectivity index (χ3n) is 3.61. The van der Waals surface area contributed by atoms with Crippen molar-refractivity contribution in [1.82, 2.24) is 4.31 Å². The Labute approximate surface area is 161 Å². The molecule has 0 fully saturated rings. The van der Waals surface area contributed by atoms with Gasteiger partial charge in [-0.2, -0.15) is 4.31 Å². The third-order valence-corrected chi connectivity index (χ3v) is 5.34. The number of amides is 1. The van der Waals surface area contributed by atoms with Gasteiger partial charge < -0.3 is 5.32 Å². The molecule has 2 aromatic rings. The van der Waals surface area contributed by atoms with Crippen LogP contribution in [0.2, 0.25) is 0 Å². The minimum absolute atomic E-state index is 0.0903. The molecule has 1 N–H and O–H groups in total. The van der Waals surface area contributed by atoms with Gasteiger partial charge in [-0.15, -0.1) is 0 Å². The maximum atomic E-state index is 12.3. The first-order valence-corrected chi connectivity index (χ1v) is 10.4. The lowest BCUT2D eigenvalue weighted by atomic mass is 10.1. The summed E-state index contributed by atoms with van der Waals surface area (Å²) >= 11 is 3.32. The van der Waals surface area contributed by atoms with Crippen molar-refractivity contribution >= 4 is 43.3 Å². The van der Waals surface area contributed by atoms with Crippen molar-refractivity contribution in [3.05, 3.63) is 64.1 Å². The topological polar surface area (TPSA) is 83.6 Å². The SMILES string of the molecule is CC(=O)c1cccc(NC(=O)CN(Cc2ccc(Br)cc2)S(C)(=O)=O)c1. The first-order chi connectivity index (χ1) is 12.1. The lowest BCUT2D eigenvalue weighted by molar-refractivity contribution is -0.116. The fourth-order valence-electron chi connectivity index (χ4n) is 2.26. The van der Waals surface area contributed by atoms with E-state index < -0.39 is 15.9 Å². The fourth-order valence-corrected chi connectivity index (χ4v) is 3.26. The van der Waals surface area contributed by atoms with Crippen LogP contribution in [0, 0.1) is 0 Å². The molecule has 0 atom stereocenters. The van der Waals surface area contributed by atoms with Gasteiger partial charge in [-0.3, -0.25) is 9.59 Å². The van der Waals surface area contributed by atoms with E-state index in [1.54, 1.807) is 36.4 Å². The molecule has 0 saturated carbocycles. The Morgan fingerprint density at radius 1 is 1.12 bits per heavy atom. The molecule has 26 heavy (non-hydrogen) atoms. The van der Waals surface area contributed by atoms with Crippen LogP contribution in [0.1, 0.15) is 22.8 Å². The Balaban J connectivity index is 2.10. The molecule has 2 aromatic carbocycles. The average Bonchev–Trinajstić information content (AvgIpc) is 2.55. The largest absolute Gasteiger partial charge is 0.325 e. The van der Waals surface area contributed by atoms with Gasteiger partial charge in [0, 0.05) is 22.3 Å². The summed E-state index contributed by atoms with van der Waals surface area (Å²) in [5, 5.41) is 2.63. The number of Topliss-reactive ketones (excluding diaryl/α,β-unsaturated/α-hetero) is 1. The van der Waals surface area contributed by atoms with E-state index in [2.05, 4.69) is 21.2 Å². The molecule has 2 rings (SSSR count). The molecule has 0 heterocycles. The molecular formula is C18H19BrN2O4S. The van der Waals surface area contributed by atoms with Crippen molar-refractivity contribution in [2.24, 2.45) is 0 Å². The van der Waals surface area contributed by atoms with E-state index in [0.717, 1.165) is 20.6 Å². The lowest BCUT2D eigenvalue weighted by Gasteiger charge is -2.19. The van der Waals surface area contributed by atoms with Gasteiger partial charge in [0.2, 0.25) is 15.9 Å². The molecule has 0 aliphatic heterocycles. The van der Waals surface area contributed by atoms with Crippen molar-refractivity contribution in [2.45, 2.75) is 13.5 Å². The number of sulfonamides is 1. The Kier molecular flexibility index (Phi) is 6.69. The van der Waals surface area contributed by atoms with E-state index in [9.17, 15) is 18.0 Å². The van der Waals surface area contributed by atoms with Gasteiger partial charge in [0.05, 0.1) is 12.8 Å². The second-order valence-electron chi connectivity index (χ2n) is 5.84. The number of halogens is 1. The summed E-state index contributed by atoms with van der Waals surface area (Å²) in [4.78, 5) is 23.7. The van der Waals surface area contributed by atoms with E-state index in [4.69, 9.17) is 0 Å². The van der Waals surface area contributed by atoms with Crippen LogP contribution in [0.15, 0.2) is 53.0 Å². The van der Waals surface area contributed by atoms with Crippen LogP contribution in [0.4, 0.5) is 5.69 Å². The second-order valence-corrected chi connectivity index (χ2v) is 8.74. The summed E-state index contributed by atoms with van der Waals surface area (Å²) in [6.07, 6.45) is 1.06. The second kappa shape index (κ2) is 8.57. The average molecular weight is 439 g/mol.